The summed E-state index contributed by atoms with van der Waals surface area (Å²) in [6, 6.07) is 58.6. The molecule has 9 aromatic rings. The molecule has 2 nitrogen and oxygen atoms in total. The van der Waals surface area contributed by atoms with Gasteiger partial charge < -0.3 is 9.32 Å². The Hall–Kier alpha value is -5.86. The molecule has 0 saturated heterocycles. The van der Waals surface area contributed by atoms with Crippen LogP contribution in [0.15, 0.2) is 168 Å². The number of fused-ring (bicyclic) bond motifs is 6. The van der Waals surface area contributed by atoms with Gasteiger partial charge in [0, 0.05) is 33.3 Å². The van der Waals surface area contributed by atoms with Gasteiger partial charge in [-0.05, 0) is 69.1 Å². The molecule has 44 heavy (non-hydrogen) atoms. The summed E-state index contributed by atoms with van der Waals surface area (Å²) in [7, 11) is 0. The third-order valence-corrected chi connectivity index (χ3v) is 8.83. The SMILES string of the molecule is c1ccc2cc(-c3cccc4c(N(c5ccc6c(c5)oc5ccccc56)c5cccc6ccccc56)cccc34)ccc2c1. The maximum Gasteiger partial charge on any atom is 0.137 e. The van der Waals surface area contributed by atoms with E-state index in [-0.39, 0.29) is 0 Å². The molecular formula is C42H27NO. The van der Waals surface area contributed by atoms with E-state index in [0.29, 0.717) is 0 Å². The Bertz CT molecular complexity index is 2520. The normalized spacial score (nSPS) is 11.6. The lowest BCUT2D eigenvalue weighted by Gasteiger charge is -2.28. The van der Waals surface area contributed by atoms with Gasteiger partial charge in [0.05, 0.1) is 11.4 Å². The fraction of sp³-hybridized carbons (Fsp3) is 0. The van der Waals surface area contributed by atoms with E-state index in [1.807, 2.05) is 12.1 Å². The summed E-state index contributed by atoms with van der Waals surface area (Å²) in [6.07, 6.45) is 0. The van der Waals surface area contributed by atoms with Gasteiger partial charge in [-0.2, -0.15) is 0 Å². The number of hydrogen-bond acceptors (Lipinski definition) is 2. The maximum atomic E-state index is 6.38. The summed E-state index contributed by atoms with van der Waals surface area (Å²) in [5.74, 6) is 0. The number of rotatable bonds is 4. The zero-order valence-electron chi connectivity index (χ0n) is 23.9. The van der Waals surface area contributed by atoms with Crippen molar-refractivity contribution in [2.45, 2.75) is 0 Å². The van der Waals surface area contributed by atoms with E-state index >= 15 is 0 Å². The molecule has 0 atom stereocenters. The van der Waals surface area contributed by atoms with Gasteiger partial charge in [0.1, 0.15) is 11.2 Å². The monoisotopic (exact) mass is 561 g/mol. The second kappa shape index (κ2) is 9.86. The van der Waals surface area contributed by atoms with E-state index in [1.165, 1.54) is 43.4 Å². The first-order valence-electron chi connectivity index (χ1n) is 15.0. The average molecular weight is 562 g/mol. The lowest BCUT2D eigenvalue weighted by molar-refractivity contribution is 0.669. The molecule has 0 saturated carbocycles. The molecule has 9 rings (SSSR count). The van der Waals surface area contributed by atoms with Gasteiger partial charge in [-0.15, -0.1) is 0 Å². The molecular weight excluding hydrogens is 534 g/mol. The molecule has 2 heteroatoms. The van der Waals surface area contributed by atoms with E-state index < -0.39 is 0 Å². The minimum Gasteiger partial charge on any atom is -0.456 e. The van der Waals surface area contributed by atoms with Crippen LogP contribution in [0, 0.1) is 0 Å². The lowest BCUT2D eigenvalue weighted by Crippen LogP contribution is -2.11. The third kappa shape index (κ3) is 3.89. The quantitative estimate of drug-likeness (QED) is 0.212. The molecule has 0 aliphatic heterocycles. The molecule has 0 N–H and O–H groups in total. The van der Waals surface area contributed by atoms with Crippen LogP contribution >= 0.6 is 0 Å². The molecule has 206 valence electrons. The van der Waals surface area contributed by atoms with Crippen molar-refractivity contribution in [1.29, 1.82) is 0 Å². The number of furan rings is 1. The summed E-state index contributed by atoms with van der Waals surface area (Å²) in [6.45, 7) is 0. The van der Waals surface area contributed by atoms with Gasteiger partial charge in [0.2, 0.25) is 0 Å². The standard InChI is InChI=1S/C42H27NO/c1-2-12-30-26-31(23-22-28(30)10-1)33-16-8-18-36-35(33)17-9-20-40(36)43(39-19-7-13-29-11-3-4-14-34(29)39)32-24-25-38-37-15-5-6-21-41(37)44-42(38)27-32/h1-27H. The first-order valence-corrected chi connectivity index (χ1v) is 15.0. The average Bonchev–Trinajstić information content (AvgIpc) is 3.46. The van der Waals surface area contributed by atoms with Crippen molar-refractivity contribution < 1.29 is 4.42 Å². The fourth-order valence-electron chi connectivity index (χ4n) is 6.76. The molecule has 0 unspecified atom stereocenters. The van der Waals surface area contributed by atoms with E-state index in [0.717, 1.165) is 39.0 Å². The second-order valence-corrected chi connectivity index (χ2v) is 11.4. The van der Waals surface area contributed by atoms with Crippen molar-refractivity contribution in [1.82, 2.24) is 0 Å². The molecule has 0 aliphatic rings. The number of para-hydroxylation sites is 1. The number of anilines is 3. The first-order chi connectivity index (χ1) is 21.8. The fourth-order valence-corrected chi connectivity index (χ4v) is 6.76. The maximum absolute atomic E-state index is 6.38. The van der Waals surface area contributed by atoms with Crippen LogP contribution in [0.5, 0.6) is 0 Å². The van der Waals surface area contributed by atoms with Gasteiger partial charge in [-0.25, -0.2) is 0 Å². The molecule has 0 aliphatic carbocycles. The summed E-state index contributed by atoms with van der Waals surface area (Å²) in [5, 5.41) is 9.56. The van der Waals surface area contributed by atoms with Crippen LogP contribution in [0.2, 0.25) is 0 Å². The predicted octanol–water partition coefficient (Wildman–Crippen LogP) is 12.2. The predicted molar refractivity (Wildman–Crippen MR) is 186 cm³/mol. The Morgan fingerprint density at radius 1 is 0.364 bits per heavy atom. The third-order valence-electron chi connectivity index (χ3n) is 8.83. The Kier molecular flexibility index (Phi) is 5.54. The number of nitrogens with zero attached hydrogens (tertiary/aromatic N) is 1. The van der Waals surface area contributed by atoms with Gasteiger partial charge in [0.15, 0.2) is 0 Å². The minimum atomic E-state index is 0.881. The topological polar surface area (TPSA) is 16.4 Å². The Balaban J connectivity index is 1.31. The van der Waals surface area contributed by atoms with E-state index in [9.17, 15) is 0 Å². The second-order valence-electron chi connectivity index (χ2n) is 11.4. The van der Waals surface area contributed by atoms with Gasteiger partial charge >= 0.3 is 0 Å². The van der Waals surface area contributed by atoms with E-state index in [2.05, 4.69) is 157 Å². The highest BCUT2D eigenvalue weighted by molar-refractivity contribution is 6.10. The zero-order chi connectivity index (χ0) is 29.0. The smallest absolute Gasteiger partial charge is 0.137 e. The van der Waals surface area contributed by atoms with Gasteiger partial charge in [0.25, 0.3) is 0 Å². The summed E-state index contributed by atoms with van der Waals surface area (Å²) in [4.78, 5) is 2.39. The number of hydrogen-bond donors (Lipinski definition) is 0. The summed E-state index contributed by atoms with van der Waals surface area (Å²) in [5.41, 5.74) is 7.52. The lowest BCUT2D eigenvalue weighted by atomic mass is 9.95. The van der Waals surface area contributed by atoms with E-state index in [1.54, 1.807) is 0 Å². The molecule has 0 radical (unpaired) electrons. The Labute approximate surface area is 255 Å². The number of benzene rings is 8. The molecule has 1 aromatic heterocycles. The van der Waals surface area contributed by atoms with Crippen LogP contribution < -0.4 is 4.90 Å². The van der Waals surface area contributed by atoms with Crippen molar-refractivity contribution in [2.75, 3.05) is 4.90 Å². The minimum absolute atomic E-state index is 0.881. The summed E-state index contributed by atoms with van der Waals surface area (Å²) >= 11 is 0. The zero-order valence-corrected chi connectivity index (χ0v) is 23.9. The van der Waals surface area contributed by atoms with Crippen molar-refractivity contribution >= 4 is 71.3 Å². The highest BCUT2D eigenvalue weighted by atomic mass is 16.3. The van der Waals surface area contributed by atoms with Crippen LogP contribution in [0.3, 0.4) is 0 Å². The van der Waals surface area contributed by atoms with Crippen molar-refractivity contribution in [3.63, 3.8) is 0 Å². The van der Waals surface area contributed by atoms with Crippen molar-refractivity contribution in [3.05, 3.63) is 164 Å². The van der Waals surface area contributed by atoms with Gasteiger partial charge in [-0.1, -0.05) is 121 Å². The molecule has 8 aromatic carbocycles. The van der Waals surface area contributed by atoms with Crippen molar-refractivity contribution in [3.8, 4) is 11.1 Å². The molecule has 0 bridgehead atoms. The molecule has 1 heterocycles. The highest BCUT2D eigenvalue weighted by Gasteiger charge is 2.20. The van der Waals surface area contributed by atoms with Crippen LogP contribution in [0.25, 0.3) is 65.4 Å². The van der Waals surface area contributed by atoms with E-state index in [4.69, 9.17) is 4.42 Å². The Morgan fingerprint density at radius 2 is 1.00 bits per heavy atom. The van der Waals surface area contributed by atoms with Crippen LogP contribution in [-0.2, 0) is 0 Å². The molecule has 0 amide bonds. The van der Waals surface area contributed by atoms with Crippen LogP contribution in [-0.4, -0.2) is 0 Å². The van der Waals surface area contributed by atoms with Gasteiger partial charge in [-0.3, -0.25) is 0 Å². The first kappa shape index (κ1) is 24.7. The van der Waals surface area contributed by atoms with Crippen LogP contribution in [0.1, 0.15) is 0 Å². The summed E-state index contributed by atoms with van der Waals surface area (Å²) < 4.78 is 6.38. The van der Waals surface area contributed by atoms with Crippen molar-refractivity contribution in [2.24, 2.45) is 0 Å². The van der Waals surface area contributed by atoms with Crippen LogP contribution in [0.4, 0.5) is 17.1 Å². The largest absolute Gasteiger partial charge is 0.456 e. The Morgan fingerprint density at radius 3 is 1.91 bits per heavy atom. The highest BCUT2D eigenvalue weighted by Crippen LogP contribution is 2.45. The molecule has 0 fully saturated rings. The molecule has 0 spiro atoms.